The summed E-state index contributed by atoms with van der Waals surface area (Å²) >= 11 is 0. The first-order valence-electron chi connectivity index (χ1n) is 7.04. The lowest BCUT2D eigenvalue weighted by Gasteiger charge is -2.10. The third kappa shape index (κ3) is 6.36. The Morgan fingerprint density at radius 1 is 1.41 bits per heavy atom. The molecular formula is C15H21N3O4. The summed E-state index contributed by atoms with van der Waals surface area (Å²) in [5.74, 6) is -1.04. The van der Waals surface area contributed by atoms with Gasteiger partial charge in [-0.25, -0.2) is 4.79 Å². The van der Waals surface area contributed by atoms with E-state index >= 15 is 0 Å². The summed E-state index contributed by atoms with van der Waals surface area (Å²) in [6.45, 7) is 5.35. The maximum atomic E-state index is 11.1. The van der Waals surface area contributed by atoms with E-state index in [9.17, 15) is 14.9 Å². The monoisotopic (exact) mass is 307 g/mol. The number of nitrogens with zero attached hydrogens (tertiary/aromatic N) is 1. The third-order valence-corrected chi connectivity index (χ3v) is 2.87. The molecule has 0 aromatic heterocycles. The average Bonchev–Trinajstić information content (AvgIpc) is 2.43. The number of hydrogen-bond donors (Lipinski definition) is 3. The van der Waals surface area contributed by atoms with E-state index in [-0.39, 0.29) is 5.69 Å². The van der Waals surface area contributed by atoms with Crippen LogP contribution in [0.5, 0.6) is 0 Å². The predicted octanol–water partition coefficient (Wildman–Crippen LogP) is 2.19. The SMILES string of the molecule is CC(C)NCCNc1ccc(CC=CC(=O)O)cc1[N+](=O)[O-]. The van der Waals surface area contributed by atoms with Crippen molar-refractivity contribution in [3.8, 4) is 0 Å². The molecule has 1 aromatic carbocycles. The number of anilines is 1. The number of hydrogen-bond acceptors (Lipinski definition) is 5. The van der Waals surface area contributed by atoms with Gasteiger partial charge in [0.25, 0.3) is 5.69 Å². The second-order valence-electron chi connectivity index (χ2n) is 5.09. The first kappa shape index (κ1) is 17.6. The van der Waals surface area contributed by atoms with Crippen LogP contribution >= 0.6 is 0 Å². The molecule has 22 heavy (non-hydrogen) atoms. The zero-order chi connectivity index (χ0) is 16.5. The van der Waals surface area contributed by atoms with E-state index in [0.717, 1.165) is 6.08 Å². The molecule has 0 spiro atoms. The Morgan fingerprint density at radius 3 is 2.73 bits per heavy atom. The van der Waals surface area contributed by atoms with E-state index in [2.05, 4.69) is 10.6 Å². The fraction of sp³-hybridized carbons (Fsp3) is 0.400. The molecule has 0 heterocycles. The molecule has 0 fully saturated rings. The van der Waals surface area contributed by atoms with Gasteiger partial charge in [-0.3, -0.25) is 10.1 Å². The lowest BCUT2D eigenvalue weighted by Crippen LogP contribution is -2.28. The van der Waals surface area contributed by atoms with Crippen LogP contribution in [0.2, 0.25) is 0 Å². The van der Waals surface area contributed by atoms with E-state index in [0.29, 0.717) is 36.8 Å². The van der Waals surface area contributed by atoms with Gasteiger partial charge < -0.3 is 15.7 Å². The molecule has 0 aliphatic carbocycles. The quantitative estimate of drug-likeness (QED) is 0.279. The van der Waals surface area contributed by atoms with Crippen LogP contribution in [0.25, 0.3) is 0 Å². The molecule has 1 rings (SSSR count). The molecule has 0 aliphatic heterocycles. The Balaban J connectivity index is 2.73. The summed E-state index contributed by atoms with van der Waals surface area (Å²) in [6.07, 6.45) is 2.82. The smallest absolute Gasteiger partial charge is 0.327 e. The largest absolute Gasteiger partial charge is 0.478 e. The number of benzene rings is 1. The van der Waals surface area contributed by atoms with Crippen molar-refractivity contribution < 1.29 is 14.8 Å². The van der Waals surface area contributed by atoms with Gasteiger partial charge in [-0.2, -0.15) is 0 Å². The Morgan fingerprint density at radius 2 is 2.14 bits per heavy atom. The second-order valence-corrected chi connectivity index (χ2v) is 5.09. The molecule has 7 nitrogen and oxygen atoms in total. The Hall–Kier alpha value is -2.41. The standard InChI is InChI=1S/C15H21N3O4/c1-11(2)16-8-9-17-13-7-6-12(4-3-5-15(19)20)10-14(13)18(21)22/h3,5-7,10-11,16-17H,4,8-9H2,1-2H3,(H,19,20). The maximum absolute atomic E-state index is 11.1. The van der Waals surface area contributed by atoms with Crippen molar-refractivity contribution in [2.45, 2.75) is 26.3 Å². The fourth-order valence-corrected chi connectivity index (χ4v) is 1.86. The molecule has 3 N–H and O–H groups in total. The minimum absolute atomic E-state index is 0.00854. The minimum Gasteiger partial charge on any atom is -0.478 e. The molecule has 0 amide bonds. The highest BCUT2D eigenvalue weighted by molar-refractivity contribution is 5.79. The van der Waals surface area contributed by atoms with Crippen LogP contribution in [0.15, 0.2) is 30.4 Å². The second kappa shape index (κ2) is 8.78. The molecule has 0 saturated carbocycles. The van der Waals surface area contributed by atoms with Gasteiger partial charge in [0.1, 0.15) is 5.69 Å². The summed E-state index contributed by atoms with van der Waals surface area (Å²) < 4.78 is 0. The van der Waals surface area contributed by atoms with Crippen LogP contribution in [0.3, 0.4) is 0 Å². The van der Waals surface area contributed by atoms with Gasteiger partial charge in [-0.05, 0) is 18.1 Å². The van der Waals surface area contributed by atoms with Crippen LogP contribution in [-0.2, 0) is 11.2 Å². The zero-order valence-electron chi connectivity index (χ0n) is 12.7. The maximum Gasteiger partial charge on any atom is 0.327 e. The van der Waals surface area contributed by atoms with Gasteiger partial charge in [0.15, 0.2) is 0 Å². The Labute approximate surface area is 129 Å². The highest BCUT2D eigenvalue weighted by atomic mass is 16.6. The molecule has 1 aromatic rings. The van der Waals surface area contributed by atoms with E-state index in [1.807, 2.05) is 13.8 Å². The van der Waals surface area contributed by atoms with Crippen molar-refractivity contribution in [2.24, 2.45) is 0 Å². The fourth-order valence-electron chi connectivity index (χ4n) is 1.86. The molecule has 0 aliphatic rings. The predicted molar refractivity (Wildman–Crippen MR) is 85.2 cm³/mol. The van der Waals surface area contributed by atoms with Crippen LogP contribution in [0.4, 0.5) is 11.4 Å². The lowest BCUT2D eigenvalue weighted by atomic mass is 10.1. The van der Waals surface area contributed by atoms with Crippen LogP contribution in [-0.4, -0.2) is 35.1 Å². The third-order valence-electron chi connectivity index (χ3n) is 2.87. The molecule has 0 bridgehead atoms. The van der Waals surface area contributed by atoms with E-state index in [1.165, 1.54) is 12.1 Å². The van der Waals surface area contributed by atoms with Gasteiger partial charge >= 0.3 is 5.97 Å². The average molecular weight is 307 g/mol. The minimum atomic E-state index is -1.04. The van der Waals surface area contributed by atoms with Crippen molar-refractivity contribution in [3.63, 3.8) is 0 Å². The van der Waals surface area contributed by atoms with E-state index < -0.39 is 10.9 Å². The summed E-state index contributed by atoms with van der Waals surface area (Å²) in [5.41, 5.74) is 1.14. The number of carboxylic acid groups (broad SMARTS) is 1. The van der Waals surface area contributed by atoms with E-state index in [1.54, 1.807) is 12.1 Å². The van der Waals surface area contributed by atoms with Crippen LogP contribution in [0.1, 0.15) is 19.4 Å². The number of carboxylic acids is 1. The molecule has 120 valence electrons. The Kier molecular flexibility index (Phi) is 7.04. The normalized spacial score (nSPS) is 11.0. The first-order chi connectivity index (χ1) is 10.4. The number of carbonyl (C=O) groups is 1. The number of nitro benzene ring substituents is 1. The van der Waals surface area contributed by atoms with Gasteiger partial charge in [0.2, 0.25) is 0 Å². The lowest BCUT2D eigenvalue weighted by molar-refractivity contribution is -0.384. The summed E-state index contributed by atoms with van der Waals surface area (Å²) in [6, 6.07) is 5.22. The van der Waals surface area contributed by atoms with Crippen molar-refractivity contribution in [3.05, 3.63) is 46.0 Å². The summed E-state index contributed by atoms with van der Waals surface area (Å²) in [4.78, 5) is 21.1. The number of aliphatic carboxylic acids is 1. The van der Waals surface area contributed by atoms with Crippen molar-refractivity contribution in [1.29, 1.82) is 0 Å². The van der Waals surface area contributed by atoms with Crippen molar-refractivity contribution in [2.75, 3.05) is 18.4 Å². The van der Waals surface area contributed by atoms with Gasteiger partial charge in [0, 0.05) is 31.3 Å². The van der Waals surface area contributed by atoms with Crippen molar-refractivity contribution in [1.82, 2.24) is 5.32 Å². The molecule has 0 atom stereocenters. The number of nitro groups is 1. The van der Waals surface area contributed by atoms with Crippen LogP contribution < -0.4 is 10.6 Å². The highest BCUT2D eigenvalue weighted by Crippen LogP contribution is 2.25. The van der Waals surface area contributed by atoms with Crippen molar-refractivity contribution >= 4 is 17.3 Å². The molecule has 0 saturated heterocycles. The molecule has 0 radical (unpaired) electrons. The van der Waals surface area contributed by atoms with Crippen LogP contribution in [0, 0.1) is 10.1 Å². The molecule has 7 heteroatoms. The summed E-state index contributed by atoms with van der Waals surface area (Å²) in [7, 11) is 0. The number of nitrogens with one attached hydrogen (secondary N) is 2. The summed E-state index contributed by atoms with van der Waals surface area (Å²) in [5, 5.41) is 25.9. The highest BCUT2D eigenvalue weighted by Gasteiger charge is 2.13. The van der Waals surface area contributed by atoms with Gasteiger partial charge in [-0.1, -0.05) is 26.0 Å². The van der Waals surface area contributed by atoms with Gasteiger partial charge in [0.05, 0.1) is 4.92 Å². The zero-order valence-corrected chi connectivity index (χ0v) is 12.7. The topological polar surface area (TPSA) is 104 Å². The molecule has 0 unspecified atom stereocenters. The first-order valence-corrected chi connectivity index (χ1v) is 7.04. The molecular weight excluding hydrogens is 286 g/mol. The number of rotatable bonds is 9. The van der Waals surface area contributed by atoms with Gasteiger partial charge in [-0.15, -0.1) is 0 Å². The Bertz CT molecular complexity index is 556. The van der Waals surface area contributed by atoms with E-state index in [4.69, 9.17) is 5.11 Å². The number of allylic oxidation sites excluding steroid dienone is 1.